The van der Waals surface area contributed by atoms with Crippen LogP contribution in [0.2, 0.25) is 0 Å². The fraction of sp³-hybridized carbons (Fsp3) is 0.619. The molecule has 6 nitrogen and oxygen atoms in total. The minimum absolute atomic E-state index is 0.0675. The molecular formula is C21H30N2O4. The van der Waals surface area contributed by atoms with Crippen molar-refractivity contribution < 1.29 is 19.1 Å². The third-order valence-electron chi connectivity index (χ3n) is 5.44. The maximum absolute atomic E-state index is 12.8. The van der Waals surface area contributed by atoms with Crippen LogP contribution in [0.3, 0.4) is 0 Å². The summed E-state index contributed by atoms with van der Waals surface area (Å²) in [5.41, 5.74) is 1.11. The lowest BCUT2D eigenvalue weighted by atomic mass is 9.97. The van der Waals surface area contributed by atoms with E-state index in [0.29, 0.717) is 45.1 Å². The van der Waals surface area contributed by atoms with Gasteiger partial charge in [-0.1, -0.05) is 18.2 Å². The van der Waals surface area contributed by atoms with E-state index in [-0.39, 0.29) is 17.8 Å². The molecule has 1 aromatic carbocycles. The summed E-state index contributed by atoms with van der Waals surface area (Å²) < 4.78 is 10.6. The summed E-state index contributed by atoms with van der Waals surface area (Å²) >= 11 is 0. The number of carbonyl (C=O) groups is 2. The first kappa shape index (κ1) is 19.7. The zero-order valence-corrected chi connectivity index (χ0v) is 16.4. The Morgan fingerprint density at radius 2 is 1.85 bits per heavy atom. The number of para-hydroxylation sites is 1. The smallest absolute Gasteiger partial charge is 0.309 e. The summed E-state index contributed by atoms with van der Waals surface area (Å²) in [5.74, 6) is 0.826. The Balaban J connectivity index is 1.55. The van der Waals surface area contributed by atoms with Crippen molar-refractivity contribution in [2.75, 3.05) is 33.4 Å². The molecule has 1 heterocycles. The largest absolute Gasteiger partial charge is 0.496 e. The molecule has 1 aromatic rings. The molecule has 1 aliphatic heterocycles. The summed E-state index contributed by atoms with van der Waals surface area (Å²) in [5, 5.41) is 0. The van der Waals surface area contributed by atoms with Crippen LogP contribution < -0.4 is 4.74 Å². The third kappa shape index (κ3) is 5.22. The normalized spacial score (nSPS) is 17.8. The predicted molar refractivity (Wildman–Crippen MR) is 102 cm³/mol. The Morgan fingerprint density at radius 3 is 2.48 bits per heavy atom. The van der Waals surface area contributed by atoms with Gasteiger partial charge < -0.3 is 14.4 Å². The van der Waals surface area contributed by atoms with E-state index in [1.807, 2.05) is 30.0 Å². The van der Waals surface area contributed by atoms with E-state index in [4.69, 9.17) is 9.47 Å². The van der Waals surface area contributed by atoms with Gasteiger partial charge in [0.2, 0.25) is 5.91 Å². The van der Waals surface area contributed by atoms with Gasteiger partial charge in [-0.2, -0.15) is 0 Å². The minimum Gasteiger partial charge on any atom is -0.496 e. The molecule has 0 N–H and O–H groups in total. The molecule has 1 saturated heterocycles. The number of likely N-dealkylation sites (tertiary alicyclic amines) is 1. The first-order valence-electron chi connectivity index (χ1n) is 9.92. The molecule has 1 amide bonds. The van der Waals surface area contributed by atoms with E-state index in [1.165, 1.54) is 0 Å². The standard InChI is InChI=1S/C21H30N2O4/c1-3-27-21(25)16-10-12-22(13-11-16)20(24)15-23(18-8-9-18)14-17-6-4-5-7-19(17)26-2/h4-7,16,18H,3,8-15H2,1-2H3. The quantitative estimate of drug-likeness (QED) is 0.654. The molecule has 0 bridgehead atoms. The lowest BCUT2D eigenvalue weighted by Gasteiger charge is -2.33. The van der Waals surface area contributed by atoms with Gasteiger partial charge in [0.25, 0.3) is 0 Å². The van der Waals surface area contributed by atoms with E-state index in [9.17, 15) is 9.59 Å². The third-order valence-corrected chi connectivity index (χ3v) is 5.44. The number of hydrogen-bond donors (Lipinski definition) is 0. The Morgan fingerprint density at radius 1 is 1.15 bits per heavy atom. The van der Waals surface area contributed by atoms with Crippen molar-refractivity contribution in [3.8, 4) is 5.75 Å². The van der Waals surface area contributed by atoms with Crippen molar-refractivity contribution in [2.45, 2.75) is 45.2 Å². The van der Waals surface area contributed by atoms with Gasteiger partial charge in [0, 0.05) is 31.2 Å². The topological polar surface area (TPSA) is 59.1 Å². The van der Waals surface area contributed by atoms with Crippen LogP contribution in [-0.2, 0) is 20.9 Å². The SMILES string of the molecule is CCOC(=O)C1CCN(C(=O)CN(Cc2ccccc2OC)C2CC2)CC1. The second-order valence-corrected chi connectivity index (χ2v) is 7.36. The maximum Gasteiger partial charge on any atom is 0.309 e. The molecule has 0 unspecified atom stereocenters. The van der Waals surface area contributed by atoms with Gasteiger partial charge in [-0.05, 0) is 38.7 Å². The number of ether oxygens (including phenoxy) is 2. The molecule has 3 rings (SSSR count). The van der Waals surface area contributed by atoms with Crippen molar-refractivity contribution in [3.05, 3.63) is 29.8 Å². The van der Waals surface area contributed by atoms with E-state index >= 15 is 0 Å². The van der Waals surface area contributed by atoms with Gasteiger partial charge in [0.1, 0.15) is 5.75 Å². The molecule has 2 fully saturated rings. The van der Waals surface area contributed by atoms with Crippen molar-refractivity contribution in [1.29, 1.82) is 0 Å². The number of amides is 1. The van der Waals surface area contributed by atoms with Crippen molar-refractivity contribution in [1.82, 2.24) is 9.80 Å². The van der Waals surface area contributed by atoms with Crippen LogP contribution >= 0.6 is 0 Å². The van der Waals surface area contributed by atoms with Crippen LogP contribution in [-0.4, -0.2) is 61.1 Å². The highest BCUT2D eigenvalue weighted by atomic mass is 16.5. The predicted octanol–water partition coefficient (Wildman–Crippen LogP) is 2.46. The summed E-state index contributed by atoms with van der Waals surface area (Å²) in [4.78, 5) is 28.8. The fourth-order valence-corrected chi connectivity index (χ4v) is 3.70. The van der Waals surface area contributed by atoms with Gasteiger partial charge >= 0.3 is 5.97 Å². The van der Waals surface area contributed by atoms with Gasteiger partial charge in [0.15, 0.2) is 0 Å². The highest BCUT2D eigenvalue weighted by molar-refractivity contribution is 5.79. The number of rotatable bonds is 8. The van der Waals surface area contributed by atoms with Crippen LogP contribution in [0.15, 0.2) is 24.3 Å². The average Bonchev–Trinajstić information content (AvgIpc) is 3.53. The number of hydrogen-bond acceptors (Lipinski definition) is 5. The van der Waals surface area contributed by atoms with Crippen LogP contribution in [0.5, 0.6) is 5.75 Å². The molecule has 0 atom stereocenters. The maximum atomic E-state index is 12.8. The van der Waals surface area contributed by atoms with E-state index < -0.39 is 0 Å². The molecule has 0 radical (unpaired) electrons. The van der Waals surface area contributed by atoms with Crippen molar-refractivity contribution in [2.24, 2.45) is 5.92 Å². The lowest BCUT2D eigenvalue weighted by Crippen LogP contribution is -2.45. The molecule has 6 heteroatoms. The first-order valence-corrected chi connectivity index (χ1v) is 9.92. The van der Waals surface area contributed by atoms with E-state index in [0.717, 1.165) is 30.7 Å². The zero-order chi connectivity index (χ0) is 19.2. The van der Waals surface area contributed by atoms with Gasteiger partial charge in [-0.15, -0.1) is 0 Å². The van der Waals surface area contributed by atoms with Crippen molar-refractivity contribution in [3.63, 3.8) is 0 Å². The molecule has 0 aromatic heterocycles. The summed E-state index contributed by atoms with van der Waals surface area (Å²) in [7, 11) is 1.68. The molecular weight excluding hydrogens is 344 g/mol. The fourth-order valence-electron chi connectivity index (χ4n) is 3.70. The van der Waals surface area contributed by atoms with Crippen LogP contribution in [0.4, 0.5) is 0 Å². The monoisotopic (exact) mass is 374 g/mol. The Hall–Kier alpha value is -2.08. The van der Waals surface area contributed by atoms with Crippen molar-refractivity contribution >= 4 is 11.9 Å². The number of esters is 1. The van der Waals surface area contributed by atoms with Crippen LogP contribution in [0.25, 0.3) is 0 Å². The van der Waals surface area contributed by atoms with Crippen LogP contribution in [0.1, 0.15) is 38.2 Å². The van der Waals surface area contributed by atoms with Gasteiger partial charge in [-0.25, -0.2) is 0 Å². The lowest BCUT2D eigenvalue weighted by molar-refractivity contribution is -0.151. The Bertz CT molecular complexity index is 651. The first-order chi connectivity index (χ1) is 13.1. The Kier molecular flexibility index (Phi) is 6.72. The van der Waals surface area contributed by atoms with E-state index in [1.54, 1.807) is 7.11 Å². The Labute approximate surface area is 161 Å². The number of methoxy groups -OCH3 is 1. The second kappa shape index (κ2) is 9.22. The van der Waals surface area contributed by atoms with Gasteiger partial charge in [0.05, 0.1) is 26.2 Å². The number of carbonyl (C=O) groups excluding carboxylic acids is 2. The minimum atomic E-state index is -0.125. The highest BCUT2D eigenvalue weighted by Gasteiger charge is 2.33. The zero-order valence-electron chi connectivity index (χ0n) is 16.4. The van der Waals surface area contributed by atoms with Gasteiger partial charge in [-0.3, -0.25) is 14.5 Å². The number of benzene rings is 1. The molecule has 1 saturated carbocycles. The molecule has 1 aliphatic carbocycles. The summed E-state index contributed by atoms with van der Waals surface area (Å²) in [6.45, 7) is 4.65. The average molecular weight is 374 g/mol. The molecule has 0 spiro atoms. The number of nitrogens with zero attached hydrogens (tertiary/aromatic N) is 2. The molecule has 27 heavy (non-hydrogen) atoms. The van der Waals surface area contributed by atoms with Crippen LogP contribution in [0, 0.1) is 5.92 Å². The summed E-state index contributed by atoms with van der Waals surface area (Å²) in [6.07, 6.45) is 3.68. The molecule has 148 valence electrons. The number of piperidine rings is 1. The highest BCUT2D eigenvalue weighted by Crippen LogP contribution is 2.30. The molecule has 2 aliphatic rings. The van der Waals surface area contributed by atoms with E-state index in [2.05, 4.69) is 11.0 Å². The summed E-state index contributed by atoms with van der Waals surface area (Å²) in [6, 6.07) is 8.47. The second-order valence-electron chi connectivity index (χ2n) is 7.36.